The molecule has 5 nitrogen and oxygen atoms in total. The highest BCUT2D eigenvalue weighted by molar-refractivity contribution is 14.0. The fourth-order valence-corrected chi connectivity index (χ4v) is 4.51. The number of rotatable bonds is 5. The van der Waals surface area contributed by atoms with Gasteiger partial charge in [0.05, 0.1) is 25.2 Å². The van der Waals surface area contributed by atoms with Crippen LogP contribution in [-0.2, 0) is 6.54 Å². The molecular formula is C19H29BrIN3O2. The third kappa shape index (κ3) is 4.58. The molecule has 1 aliphatic heterocycles. The van der Waals surface area contributed by atoms with E-state index in [4.69, 9.17) is 14.5 Å². The number of benzene rings is 1. The van der Waals surface area contributed by atoms with Gasteiger partial charge in [-0.15, -0.1) is 24.0 Å². The maximum Gasteiger partial charge on any atom is 0.194 e. The van der Waals surface area contributed by atoms with Gasteiger partial charge in [0.25, 0.3) is 0 Å². The molecular weight excluding hydrogens is 509 g/mol. The van der Waals surface area contributed by atoms with Crippen LogP contribution in [0.15, 0.2) is 21.6 Å². The smallest absolute Gasteiger partial charge is 0.194 e. The van der Waals surface area contributed by atoms with Gasteiger partial charge in [-0.05, 0) is 65.2 Å². The highest BCUT2D eigenvalue weighted by atomic mass is 127. The molecule has 2 aliphatic rings. The zero-order chi connectivity index (χ0) is 17.9. The Balaban J connectivity index is 0.00000243. The molecule has 1 spiro atoms. The lowest BCUT2D eigenvalue weighted by atomic mass is 9.68. The van der Waals surface area contributed by atoms with Gasteiger partial charge in [-0.1, -0.05) is 6.42 Å². The molecule has 1 aromatic rings. The van der Waals surface area contributed by atoms with E-state index in [1.807, 2.05) is 12.1 Å². The third-order valence-electron chi connectivity index (χ3n) is 5.39. The van der Waals surface area contributed by atoms with Gasteiger partial charge < -0.3 is 19.7 Å². The van der Waals surface area contributed by atoms with Gasteiger partial charge in [0, 0.05) is 19.6 Å². The number of hydrogen-bond acceptors (Lipinski definition) is 3. The summed E-state index contributed by atoms with van der Waals surface area (Å²) < 4.78 is 11.7. The standard InChI is InChI=1S/C19H28BrN3O2.HI/c1-4-21-18(23-9-8-19(13-23)6-5-7-19)22-12-14-10-15(20)17(25-3)16(11-14)24-2;/h10-11H,4-9,12-13H2,1-3H3,(H,21,22);1H. The number of guanidine groups is 1. The molecule has 2 fully saturated rings. The van der Waals surface area contributed by atoms with Crippen LogP contribution < -0.4 is 14.8 Å². The zero-order valence-electron chi connectivity index (χ0n) is 15.8. The predicted octanol–water partition coefficient (Wildman–Crippen LogP) is 4.43. The Hall–Kier alpha value is -0.700. The molecule has 1 N–H and O–H groups in total. The van der Waals surface area contributed by atoms with E-state index in [0.29, 0.717) is 17.7 Å². The van der Waals surface area contributed by atoms with Crippen molar-refractivity contribution in [3.05, 3.63) is 22.2 Å². The van der Waals surface area contributed by atoms with Crippen molar-refractivity contribution >= 4 is 45.9 Å². The molecule has 7 heteroatoms. The van der Waals surface area contributed by atoms with Gasteiger partial charge in [0.15, 0.2) is 17.5 Å². The molecule has 1 aliphatic carbocycles. The van der Waals surface area contributed by atoms with Crippen LogP contribution in [0.5, 0.6) is 11.5 Å². The summed E-state index contributed by atoms with van der Waals surface area (Å²) in [5, 5.41) is 3.45. The van der Waals surface area contributed by atoms with Crippen LogP contribution in [-0.4, -0.2) is 44.7 Å². The number of nitrogens with one attached hydrogen (secondary N) is 1. The highest BCUT2D eigenvalue weighted by Crippen LogP contribution is 2.47. The van der Waals surface area contributed by atoms with Crippen molar-refractivity contribution in [3.8, 4) is 11.5 Å². The van der Waals surface area contributed by atoms with E-state index in [9.17, 15) is 0 Å². The summed E-state index contributed by atoms with van der Waals surface area (Å²) >= 11 is 3.56. The molecule has 1 saturated carbocycles. The van der Waals surface area contributed by atoms with Crippen LogP contribution in [0.1, 0.15) is 38.2 Å². The van der Waals surface area contributed by atoms with E-state index in [2.05, 4.69) is 33.1 Å². The molecule has 26 heavy (non-hydrogen) atoms. The van der Waals surface area contributed by atoms with E-state index in [-0.39, 0.29) is 24.0 Å². The Labute approximate surface area is 182 Å². The van der Waals surface area contributed by atoms with Crippen molar-refractivity contribution in [2.75, 3.05) is 33.9 Å². The predicted molar refractivity (Wildman–Crippen MR) is 120 cm³/mol. The number of aliphatic imine (C=N–C) groups is 1. The molecule has 1 saturated heterocycles. The quantitative estimate of drug-likeness (QED) is 0.343. The number of methoxy groups -OCH3 is 2. The van der Waals surface area contributed by atoms with Crippen LogP contribution in [0, 0.1) is 5.41 Å². The Morgan fingerprint density at radius 1 is 1.27 bits per heavy atom. The molecule has 0 radical (unpaired) electrons. The number of ether oxygens (including phenoxy) is 2. The highest BCUT2D eigenvalue weighted by Gasteiger charge is 2.43. The van der Waals surface area contributed by atoms with E-state index in [0.717, 1.165) is 41.4 Å². The maximum atomic E-state index is 5.43. The lowest BCUT2D eigenvalue weighted by Crippen LogP contribution is -2.42. The van der Waals surface area contributed by atoms with Crippen LogP contribution in [0.2, 0.25) is 0 Å². The van der Waals surface area contributed by atoms with Crippen LogP contribution in [0.4, 0.5) is 0 Å². The number of nitrogens with zero attached hydrogens (tertiary/aromatic N) is 2. The Kier molecular flexibility index (Phi) is 7.88. The summed E-state index contributed by atoms with van der Waals surface area (Å²) in [5.74, 6) is 2.47. The van der Waals surface area contributed by atoms with Gasteiger partial charge in [-0.3, -0.25) is 0 Å². The normalized spacial score (nSPS) is 18.3. The average Bonchev–Trinajstić information content (AvgIpc) is 3.04. The Bertz CT molecular complexity index is 650. The fourth-order valence-electron chi connectivity index (χ4n) is 3.86. The fraction of sp³-hybridized carbons (Fsp3) is 0.632. The van der Waals surface area contributed by atoms with Gasteiger partial charge >= 0.3 is 0 Å². The molecule has 0 atom stereocenters. The lowest BCUT2D eigenvalue weighted by molar-refractivity contribution is 0.151. The van der Waals surface area contributed by atoms with Crippen molar-refractivity contribution in [1.29, 1.82) is 0 Å². The largest absolute Gasteiger partial charge is 0.493 e. The monoisotopic (exact) mass is 537 g/mol. The molecule has 0 amide bonds. The number of likely N-dealkylation sites (tertiary alicyclic amines) is 1. The van der Waals surface area contributed by atoms with Crippen LogP contribution in [0.25, 0.3) is 0 Å². The minimum absolute atomic E-state index is 0. The van der Waals surface area contributed by atoms with Crippen molar-refractivity contribution in [1.82, 2.24) is 10.2 Å². The van der Waals surface area contributed by atoms with Crippen molar-refractivity contribution in [2.45, 2.75) is 39.2 Å². The summed E-state index contributed by atoms with van der Waals surface area (Å²) in [5.41, 5.74) is 1.67. The first-order valence-electron chi connectivity index (χ1n) is 9.04. The van der Waals surface area contributed by atoms with Crippen molar-refractivity contribution in [2.24, 2.45) is 10.4 Å². The molecule has 1 aromatic carbocycles. The van der Waals surface area contributed by atoms with Crippen molar-refractivity contribution in [3.63, 3.8) is 0 Å². The van der Waals surface area contributed by atoms with E-state index in [1.54, 1.807) is 14.2 Å². The summed E-state index contributed by atoms with van der Waals surface area (Å²) in [4.78, 5) is 7.30. The van der Waals surface area contributed by atoms with Crippen molar-refractivity contribution < 1.29 is 9.47 Å². The molecule has 0 aromatic heterocycles. The first-order chi connectivity index (χ1) is 12.1. The average molecular weight is 538 g/mol. The van der Waals surface area contributed by atoms with Gasteiger partial charge in [-0.25, -0.2) is 4.99 Å². The summed E-state index contributed by atoms with van der Waals surface area (Å²) in [6, 6.07) is 4.04. The first kappa shape index (κ1) is 21.6. The molecule has 146 valence electrons. The van der Waals surface area contributed by atoms with E-state index in [1.165, 1.54) is 25.7 Å². The molecule has 0 unspecified atom stereocenters. The zero-order valence-corrected chi connectivity index (χ0v) is 19.7. The summed E-state index contributed by atoms with van der Waals surface area (Å²) in [6.45, 7) is 5.89. The van der Waals surface area contributed by atoms with Gasteiger partial charge in [-0.2, -0.15) is 0 Å². The second-order valence-electron chi connectivity index (χ2n) is 7.01. The molecule has 1 heterocycles. The third-order valence-corrected chi connectivity index (χ3v) is 5.98. The summed E-state index contributed by atoms with van der Waals surface area (Å²) in [7, 11) is 3.30. The number of hydrogen-bond donors (Lipinski definition) is 1. The van der Waals surface area contributed by atoms with Crippen LogP contribution in [0.3, 0.4) is 0 Å². The topological polar surface area (TPSA) is 46.1 Å². The second kappa shape index (κ2) is 9.48. The first-order valence-corrected chi connectivity index (χ1v) is 9.84. The van der Waals surface area contributed by atoms with E-state index < -0.39 is 0 Å². The van der Waals surface area contributed by atoms with E-state index >= 15 is 0 Å². The second-order valence-corrected chi connectivity index (χ2v) is 7.86. The SMILES string of the molecule is CCNC(=NCc1cc(Br)c(OC)c(OC)c1)N1CCC2(CCC2)C1.I. The summed E-state index contributed by atoms with van der Waals surface area (Å²) in [6.07, 6.45) is 5.46. The van der Waals surface area contributed by atoms with Crippen LogP contribution >= 0.6 is 39.9 Å². The van der Waals surface area contributed by atoms with Gasteiger partial charge in [0.1, 0.15) is 0 Å². The van der Waals surface area contributed by atoms with Gasteiger partial charge in [0.2, 0.25) is 0 Å². The Morgan fingerprint density at radius 3 is 2.58 bits per heavy atom. The Morgan fingerprint density at radius 2 is 2.04 bits per heavy atom. The molecule has 0 bridgehead atoms. The lowest BCUT2D eigenvalue weighted by Gasteiger charge is -2.38. The maximum absolute atomic E-state index is 5.43. The minimum Gasteiger partial charge on any atom is -0.493 e. The minimum atomic E-state index is 0. The molecule has 3 rings (SSSR count). The number of halogens is 2.